The third-order valence-corrected chi connectivity index (χ3v) is 3.82. The van der Waals surface area contributed by atoms with Gasteiger partial charge >= 0.3 is 0 Å². The predicted molar refractivity (Wildman–Crippen MR) is 66.0 cm³/mol. The first kappa shape index (κ1) is 10.7. The van der Waals surface area contributed by atoms with Crippen molar-refractivity contribution in [2.75, 3.05) is 18.4 Å². The van der Waals surface area contributed by atoms with Gasteiger partial charge in [0.15, 0.2) is 0 Å². The van der Waals surface area contributed by atoms with Crippen LogP contribution in [0.3, 0.4) is 0 Å². The van der Waals surface area contributed by atoms with E-state index in [2.05, 4.69) is 35.5 Å². The summed E-state index contributed by atoms with van der Waals surface area (Å²) in [5.74, 6) is 1.34. The quantitative estimate of drug-likeness (QED) is 0.765. The van der Waals surface area contributed by atoms with E-state index in [1.165, 1.54) is 11.1 Å². The van der Waals surface area contributed by atoms with Crippen molar-refractivity contribution in [1.29, 1.82) is 0 Å². The molecule has 0 unspecified atom stereocenters. The van der Waals surface area contributed by atoms with Crippen LogP contribution in [-0.2, 0) is 11.2 Å². The monoisotopic (exact) mass is 231 g/mol. The van der Waals surface area contributed by atoms with Gasteiger partial charge in [-0.15, -0.1) is 0 Å². The molecule has 2 N–H and O–H groups in total. The summed E-state index contributed by atoms with van der Waals surface area (Å²) in [7, 11) is 0. The van der Waals surface area contributed by atoms with Crippen molar-refractivity contribution in [1.82, 2.24) is 10.3 Å². The Balaban J connectivity index is 1.98. The lowest BCUT2D eigenvalue weighted by Crippen LogP contribution is -2.62. The number of nitrogens with zero attached hydrogens (tertiary/aromatic N) is 1. The summed E-state index contributed by atoms with van der Waals surface area (Å²) in [6, 6.07) is 2.19. The number of hydrogen-bond acceptors (Lipinski definition) is 3. The highest BCUT2D eigenvalue weighted by molar-refractivity contribution is 5.98. The smallest absolute Gasteiger partial charge is 0.234 e. The molecule has 0 saturated carbocycles. The molecule has 1 aromatic rings. The van der Waals surface area contributed by atoms with Crippen molar-refractivity contribution in [3.05, 3.63) is 23.4 Å². The van der Waals surface area contributed by atoms with Gasteiger partial charge in [-0.2, -0.15) is 0 Å². The Hall–Kier alpha value is -1.42. The topological polar surface area (TPSA) is 54.0 Å². The van der Waals surface area contributed by atoms with Gasteiger partial charge in [-0.05, 0) is 23.5 Å². The second-order valence-corrected chi connectivity index (χ2v) is 5.45. The largest absolute Gasteiger partial charge is 0.314 e. The van der Waals surface area contributed by atoms with Gasteiger partial charge in [0.2, 0.25) is 5.91 Å². The first-order chi connectivity index (χ1) is 8.11. The molecule has 0 radical (unpaired) electrons. The van der Waals surface area contributed by atoms with Gasteiger partial charge in [0.1, 0.15) is 5.82 Å². The summed E-state index contributed by atoms with van der Waals surface area (Å²) in [4.78, 5) is 16.4. The third kappa shape index (κ3) is 1.55. The van der Waals surface area contributed by atoms with Crippen LogP contribution in [0.5, 0.6) is 0 Å². The zero-order chi connectivity index (χ0) is 12.0. The number of carbonyl (C=O) groups excluding carboxylic acids is 1. The number of pyridine rings is 1. The molecule has 3 heterocycles. The van der Waals surface area contributed by atoms with Crippen molar-refractivity contribution >= 4 is 11.7 Å². The fraction of sp³-hybridized carbons (Fsp3) is 0.538. The summed E-state index contributed by atoms with van der Waals surface area (Å²) >= 11 is 0. The number of anilines is 1. The molecule has 1 saturated heterocycles. The van der Waals surface area contributed by atoms with Crippen LogP contribution in [0.4, 0.5) is 5.82 Å². The van der Waals surface area contributed by atoms with Crippen LogP contribution in [0.15, 0.2) is 12.3 Å². The summed E-state index contributed by atoms with van der Waals surface area (Å²) < 4.78 is 0. The highest BCUT2D eigenvalue weighted by Gasteiger charge is 2.47. The predicted octanol–water partition coefficient (Wildman–Crippen LogP) is 1.29. The van der Waals surface area contributed by atoms with Crippen molar-refractivity contribution in [2.45, 2.75) is 26.2 Å². The Labute approximate surface area is 101 Å². The number of nitrogens with one attached hydrogen (secondary N) is 2. The average Bonchev–Trinajstić information content (AvgIpc) is 2.25. The molecule has 17 heavy (non-hydrogen) atoms. The number of rotatable bonds is 1. The number of fused-ring (bicyclic) bond motifs is 1. The summed E-state index contributed by atoms with van der Waals surface area (Å²) in [6.07, 6.45) is 2.68. The molecule has 1 amide bonds. The summed E-state index contributed by atoms with van der Waals surface area (Å²) in [5, 5.41) is 6.12. The summed E-state index contributed by atoms with van der Waals surface area (Å²) in [6.45, 7) is 5.88. The zero-order valence-corrected chi connectivity index (χ0v) is 10.2. The maximum atomic E-state index is 12.0. The number of aromatic nitrogens is 1. The van der Waals surface area contributed by atoms with Gasteiger partial charge in [-0.1, -0.05) is 19.9 Å². The fourth-order valence-corrected chi connectivity index (χ4v) is 2.49. The van der Waals surface area contributed by atoms with Crippen LogP contribution in [-0.4, -0.2) is 24.0 Å². The molecule has 1 fully saturated rings. The Kier molecular flexibility index (Phi) is 2.23. The molecule has 0 bridgehead atoms. The molecular weight excluding hydrogens is 214 g/mol. The molecule has 2 aliphatic heterocycles. The fourth-order valence-electron chi connectivity index (χ4n) is 2.49. The van der Waals surface area contributed by atoms with E-state index in [0.717, 1.165) is 25.3 Å². The lowest BCUT2D eigenvalue weighted by atomic mass is 9.73. The lowest BCUT2D eigenvalue weighted by molar-refractivity contribution is -0.128. The number of amides is 1. The van der Waals surface area contributed by atoms with E-state index >= 15 is 0 Å². The first-order valence-electron chi connectivity index (χ1n) is 6.12. The van der Waals surface area contributed by atoms with E-state index < -0.39 is 0 Å². The van der Waals surface area contributed by atoms with Crippen molar-refractivity contribution < 1.29 is 4.79 Å². The molecular formula is C13H17N3O. The minimum Gasteiger partial charge on any atom is -0.314 e. The SMILES string of the molecule is CC(C)c1cnc2c(c1)CC1(CNC1)C(=O)N2. The van der Waals surface area contributed by atoms with E-state index in [0.29, 0.717) is 5.92 Å². The Morgan fingerprint density at radius 1 is 1.41 bits per heavy atom. The molecule has 1 spiro atoms. The minimum atomic E-state index is -0.218. The number of carbonyl (C=O) groups is 1. The van der Waals surface area contributed by atoms with Crippen molar-refractivity contribution in [3.63, 3.8) is 0 Å². The maximum Gasteiger partial charge on any atom is 0.234 e. The lowest BCUT2D eigenvalue weighted by Gasteiger charge is -2.43. The van der Waals surface area contributed by atoms with Crippen molar-refractivity contribution in [3.8, 4) is 0 Å². The highest BCUT2D eigenvalue weighted by Crippen LogP contribution is 2.36. The van der Waals surface area contributed by atoms with Crippen LogP contribution in [0, 0.1) is 5.41 Å². The van der Waals surface area contributed by atoms with Crippen LogP contribution in [0.25, 0.3) is 0 Å². The van der Waals surface area contributed by atoms with Gasteiger partial charge in [0.25, 0.3) is 0 Å². The molecule has 2 aliphatic rings. The minimum absolute atomic E-state index is 0.119. The van der Waals surface area contributed by atoms with E-state index in [1.54, 1.807) is 0 Å². The maximum absolute atomic E-state index is 12.0. The average molecular weight is 231 g/mol. The highest BCUT2D eigenvalue weighted by atomic mass is 16.2. The normalized spacial score (nSPS) is 21.0. The summed E-state index contributed by atoms with van der Waals surface area (Å²) in [5.41, 5.74) is 2.20. The zero-order valence-electron chi connectivity index (χ0n) is 10.2. The van der Waals surface area contributed by atoms with E-state index in [9.17, 15) is 4.79 Å². The molecule has 4 nitrogen and oxygen atoms in total. The Morgan fingerprint density at radius 2 is 2.18 bits per heavy atom. The van der Waals surface area contributed by atoms with E-state index in [1.807, 2.05) is 6.20 Å². The van der Waals surface area contributed by atoms with Gasteiger partial charge in [0.05, 0.1) is 5.41 Å². The van der Waals surface area contributed by atoms with E-state index in [-0.39, 0.29) is 11.3 Å². The van der Waals surface area contributed by atoms with Gasteiger partial charge in [-0.3, -0.25) is 4.79 Å². The Morgan fingerprint density at radius 3 is 2.76 bits per heavy atom. The second kappa shape index (κ2) is 3.53. The van der Waals surface area contributed by atoms with Crippen LogP contribution in [0.1, 0.15) is 30.9 Å². The van der Waals surface area contributed by atoms with Gasteiger partial charge in [-0.25, -0.2) is 4.98 Å². The van der Waals surface area contributed by atoms with Gasteiger partial charge in [0, 0.05) is 19.3 Å². The molecule has 0 aliphatic carbocycles. The molecule has 0 atom stereocenters. The van der Waals surface area contributed by atoms with E-state index in [4.69, 9.17) is 0 Å². The molecule has 0 aromatic carbocycles. The second-order valence-electron chi connectivity index (χ2n) is 5.45. The number of hydrogen-bond donors (Lipinski definition) is 2. The molecule has 3 rings (SSSR count). The van der Waals surface area contributed by atoms with Gasteiger partial charge < -0.3 is 10.6 Å². The van der Waals surface area contributed by atoms with Crippen molar-refractivity contribution in [2.24, 2.45) is 5.41 Å². The Bertz CT molecular complexity index is 478. The van der Waals surface area contributed by atoms with Crippen LogP contribution in [0.2, 0.25) is 0 Å². The molecule has 90 valence electrons. The first-order valence-corrected chi connectivity index (χ1v) is 6.12. The van der Waals surface area contributed by atoms with Crippen LogP contribution >= 0.6 is 0 Å². The third-order valence-electron chi connectivity index (χ3n) is 3.82. The molecule has 1 aromatic heterocycles. The molecule has 4 heteroatoms. The van der Waals surface area contributed by atoms with Crippen LogP contribution < -0.4 is 10.6 Å². The standard InChI is InChI=1S/C13H17N3O/c1-8(2)10-3-9-4-13(6-14-7-13)12(17)16-11(9)15-5-10/h3,5,8,14H,4,6-7H2,1-2H3,(H,15,16,17).